The van der Waals surface area contributed by atoms with Crippen molar-refractivity contribution in [2.75, 3.05) is 0 Å². The molecule has 0 saturated heterocycles. The van der Waals surface area contributed by atoms with Crippen LogP contribution in [0.1, 0.15) is 19.5 Å². The van der Waals surface area contributed by atoms with Crippen molar-refractivity contribution in [3.63, 3.8) is 0 Å². The fourth-order valence-corrected chi connectivity index (χ4v) is 8.08. The molecule has 28 heavy (non-hydrogen) atoms. The van der Waals surface area contributed by atoms with Gasteiger partial charge in [-0.3, -0.25) is 4.98 Å². The van der Waals surface area contributed by atoms with E-state index in [9.17, 15) is 0 Å². The van der Waals surface area contributed by atoms with Gasteiger partial charge in [0.25, 0.3) is 0 Å². The standard InChI is InChI=1S/C21H18BBr2NS3/c1-11-9-15(13(3)26-11)18-19(22(23)24)21(17-7-5-6-8-25-17)28-20(18)16-10-12(2)27-14(16)4/h5-10H,1-4H3. The molecule has 0 aromatic carbocycles. The lowest BCUT2D eigenvalue weighted by Crippen LogP contribution is -2.20. The number of rotatable bonds is 4. The molecule has 0 aliphatic rings. The minimum Gasteiger partial charge on any atom is -0.255 e. The van der Waals surface area contributed by atoms with Crippen LogP contribution in [-0.2, 0) is 0 Å². The van der Waals surface area contributed by atoms with E-state index < -0.39 is 0 Å². The van der Waals surface area contributed by atoms with Gasteiger partial charge in [-0.15, -0.1) is 65.5 Å². The number of thiophene rings is 3. The molecule has 4 aromatic rings. The molecule has 4 heterocycles. The third-order valence-electron chi connectivity index (χ3n) is 4.66. The molecule has 7 heteroatoms. The molecule has 0 spiro atoms. The summed E-state index contributed by atoms with van der Waals surface area (Å²) in [6, 6.07) is 10.8. The summed E-state index contributed by atoms with van der Waals surface area (Å²) in [4.78, 5) is 12.6. The Morgan fingerprint density at radius 2 is 1.46 bits per heavy atom. The van der Waals surface area contributed by atoms with Crippen molar-refractivity contribution >= 4 is 75.3 Å². The zero-order chi connectivity index (χ0) is 20.0. The predicted octanol–water partition coefficient (Wildman–Crippen LogP) is 7.99. The van der Waals surface area contributed by atoms with Gasteiger partial charge in [0.2, 0.25) is 0 Å². The van der Waals surface area contributed by atoms with E-state index in [1.165, 1.54) is 51.4 Å². The van der Waals surface area contributed by atoms with Crippen molar-refractivity contribution in [3.8, 4) is 32.1 Å². The number of nitrogens with zero attached hydrogens (tertiary/aromatic N) is 1. The SMILES string of the molecule is Cc1cc(-c2sc(-c3ccccn3)c(B(Br)Br)c2-c2cc(C)sc2C)c(C)s1. The number of hydrogen-bond acceptors (Lipinski definition) is 4. The third-order valence-corrected chi connectivity index (χ3v) is 8.77. The average molecular weight is 551 g/mol. The van der Waals surface area contributed by atoms with Gasteiger partial charge in [0, 0.05) is 36.1 Å². The molecule has 0 aliphatic carbocycles. The molecule has 0 amide bonds. The summed E-state index contributed by atoms with van der Waals surface area (Å²) in [5.41, 5.74) is 6.29. The lowest BCUT2D eigenvalue weighted by Gasteiger charge is -2.09. The lowest BCUT2D eigenvalue weighted by molar-refractivity contribution is 1.34. The topological polar surface area (TPSA) is 12.9 Å². The predicted molar refractivity (Wildman–Crippen MR) is 136 cm³/mol. The zero-order valence-corrected chi connectivity index (χ0v) is 21.6. The summed E-state index contributed by atoms with van der Waals surface area (Å²) in [6.07, 6.45) is 1.87. The van der Waals surface area contributed by atoms with E-state index in [2.05, 4.69) is 88.5 Å². The van der Waals surface area contributed by atoms with E-state index in [-0.39, 0.29) is 4.36 Å². The Kier molecular flexibility index (Phi) is 6.01. The first kappa shape index (κ1) is 20.5. The van der Waals surface area contributed by atoms with Crippen LogP contribution in [0.2, 0.25) is 0 Å². The first-order chi connectivity index (χ1) is 13.4. The van der Waals surface area contributed by atoms with Crippen molar-refractivity contribution < 1.29 is 0 Å². The van der Waals surface area contributed by atoms with Gasteiger partial charge in [0.05, 0.1) is 10.6 Å². The molecule has 0 atom stereocenters. The molecule has 0 fully saturated rings. The van der Waals surface area contributed by atoms with Crippen LogP contribution in [0.5, 0.6) is 0 Å². The van der Waals surface area contributed by atoms with Gasteiger partial charge in [0.1, 0.15) is 0 Å². The van der Waals surface area contributed by atoms with E-state index in [0.29, 0.717) is 0 Å². The largest absolute Gasteiger partial charge is 0.331 e. The van der Waals surface area contributed by atoms with E-state index in [0.717, 1.165) is 5.69 Å². The van der Waals surface area contributed by atoms with E-state index in [1.54, 1.807) is 0 Å². The van der Waals surface area contributed by atoms with E-state index in [4.69, 9.17) is 0 Å². The highest BCUT2D eigenvalue weighted by Gasteiger charge is 2.29. The van der Waals surface area contributed by atoms with E-state index >= 15 is 0 Å². The molecule has 0 unspecified atom stereocenters. The highest BCUT2D eigenvalue weighted by Crippen LogP contribution is 2.47. The van der Waals surface area contributed by atoms with Gasteiger partial charge in [-0.1, -0.05) is 6.07 Å². The Balaban J connectivity index is 2.10. The maximum Gasteiger partial charge on any atom is 0.331 e. The molecular formula is C21H18BBr2NS3. The van der Waals surface area contributed by atoms with Crippen LogP contribution >= 0.6 is 65.5 Å². The van der Waals surface area contributed by atoms with Gasteiger partial charge in [0.15, 0.2) is 0 Å². The number of aryl methyl sites for hydroxylation is 4. The van der Waals surface area contributed by atoms with Crippen molar-refractivity contribution in [1.82, 2.24) is 4.98 Å². The number of pyridine rings is 1. The zero-order valence-electron chi connectivity index (χ0n) is 16.0. The fourth-order valence-electron chi connectivity index (χ4n) is 3.53. The lowest BCUT2D eigenvalue weighted by atomic mass is 9.85. The van der Waals surface area contributed by atoms with Crippen LogP contribution in [0.15, 0.2) is 36.5 Å². The third kappa shape index (κ3) is 3.72. The normalized spacial score (nSPS) is 11.2. The van der Waals surface area contributed by atoms with Crippen LogP contribution in [-0.4, -0.2) is 9.34 Å². The number of hydrogen-bond donors (Lipinski definition) is 0. The van der Waals surface area contributed by atoms with Crippen LogP contribution in [0.3, 0.4) is 0 Å². The highest BCUT2D eigenvalue weighted by atomic mass is 79.9. The number of aromatic nitrogens is 1. The molecule has 0 bridgehead atoms. The van der Waals surface area contributed by atoms with Gasteiger partial charge in [-0.05, 0) is 68.6 Å². The summed E-state index contributed by atoms with van der Waals surface area (Å²) >= 11 is 13.2. The smallest absolute Gasteiger partial charge is 0.255 e. The molecule has 0 saturated carbocycles. The molecule has 0 aliphatic heterocycles. The summed E-state index contributed by atoms with van der Waals surface area (Å²) in [5, 5.41) is 0. The minimum absolute atomic E-state index is 0.0525. The monoisotopic (exact) mass is 549 g/mol. The maximum atomic E-state index is 4.66. The summed E-state index contributed by atoms with van der Waals surface area (Å²) in [6.45, 7) is 8.82. The molecule has 4 rings (SSSR count). The maximum absolute atomic E-state index is 4.66. The van der Waals surface area contributed by atoms with Crippen molar-refractivity contribution in [3.05, 3.63) is 56.0 Å². The van der Waals surface area contributed by atoms with Crippen LogP contribution in [0.25, 0.3) is 32.1 Å². The molecule has 0 N–H and O–H groups in total. The second-order valence-corrected chi connectivity index (χ2v) is 13.7. The Bertz CT molecular complexity index is 1140. The Morgan fingerprint density at radius 1 is 0.821 bits per heavy atom. The highest BCUT2D eigenvalue weighted by molar-refractivity contribution is 9.49. The molecule has 4 aromatic heterocycles. The summed E-state index contributed by atoms with van der Waals surface area (Å²) in [5.74, 6) is 0. The van der Waals surface area contributed by atoms with Gasteiger partial charge < -0.3 is 0 Å². The quantitative estimate of drug-likeness (QED) is 0.235. The van der Waals surface area contributed by atoms with Crippen molar-refractivity contribution in [1.29, 1.82) is 0 Å². The van der Waals surface area contributed by atoms with Gasteiger partial charge in [-0.25, -0.2) is 0 Å². The van der Waals surface area contributed by atoms with Crippen molar-refractivity contribution in [2.45, 2.75) is 27.7 Å². The second kappa shape index (κ2) is 8.19. The Morgan fingerprint density at radius 3 is 1.96 bits per heavy atom. The number of halogens is 2. The van der Waals surface area contributed by atoms with Crippen LogP contribution in [0.4, 0.5) is 0 Å². The van der Waals surface area contributed by atoms with Crippen molar-refractivity contribution in [2.24, 2.45) is 0 Å². The van der Waals surface area contributed by atoms with E-state index in [1.807, 2.05) is 46.3 Å². The molecule has 1 nitrogen and oxygen atoms in total. The first-order valence-corrected chi connectivity index (χ1v) is 13.2. The minimum atomic E-state index is 0.0525. The van der Waals surface area contributed by atoms with Gasteiger partial charge >= 0.3 is 4.36 Å². The second-order valence-electron chi connectivity index (χ2n) is 6.72. The van der Waals surface area contributed by atoms with Crippen LogP contribution in [0, 0.1) is 27.7 Å². The Hall–Kier alpha value is -0.725. The molecular weight excluding hydrogens is 533 g/mol. The summed E-state index contributed by atoms with van der Waals surface area (Å²) < 4.78 is 0.0525. The first-order valence-electron chi connectivity index (χ1n) is 8.88. The van der Waals surface area contributed by atoms with Gasteiger partial charge in [-0.2, -0.15) is 0 Å². The Labute approximate surface area is 194 Å². The fraction of sp³-hybridized carbons (Fsp3) is 0.190. The van der Waals surface area contributed by atoms with Crippen LogP contribution < -0.4 is 5.46 Å². The summed E-state index contributed by atoms with van der Waals surface area (Å²) in [7, 11) is 0. The average Bonchev–Trinajstić information content (AvgIpc) is 3.29. The molecule has 0 radical (unpaired) electrons. The molecule has 142 valence electrons.